The monoisotopic (exact) mass is 205 g/mol. The molecule has 2 rings (SSSR count). The van der Waals surface area contributed by atoms with E-state index in [4.69, 9.17) is 11.6 Å². The molecule has 0 aliphatic rings. The minimum absolute atomic E-state index is 0.447. The van der Waals surface area contributed by atoms with Gasteiger partial charge in [-0.1, -0.05) is 29.8 Å². The minimum atomic E-state index is 0.447. The average Bonchev–Trinajstić information content (AvgIpc) is 2.19. The summed E-state index contributed by atoms with van der Waals surface area (Å²) >= 11 is 5.73. The van der Waals surface area contributed by atoms with Gasteiger partial charge < -0.3 is 4.98 Å². The van der Waals surface area contributed by atoms with Crippen LogP contribution in [0.1, 0.15) is 0 Å². The van der Waals surface area contributed by atoms with Gasteiger partial charge in [-0.05, 0) is 6.07 Å². The topological polar surface area (TPSA) is 30.9 Å². The van der Waals surface area contributed by atoms with Gasteiger partial charge in [-0.3, -0.25) is 0 Å². The van der Waals surface area contributed by atoms with E-state index in [9.17, 15) is 0 Å². The Morgan fingerprint density at radius 1 is 1.07 bits per heavy atom. The molecule has 0 atom stereocenters. The van der Waals surface area contributed by atoms with Crippen LogP contribution in [0.15, 0.2) is 48.8 Å². The summed E-state index contributed by atoms with van der Waals surface area (Å²) in [4.78, 5) is 4.05. The van der Waals surface area contributed by atoms with Crippen molar-refractivity contribution < 1.29 is 4.68 Å². The predicted molar refractivity (Wildman–Crippen MR) is 54.3 cm³/mol. The van der Waals surface area contributed by atoms with Crippen molar-refractivity contribution in [1.82, 2.24) is 4.98 Å². The van der Waals surface area contributed by atoms with Crippen LogP contribution < -0.4 is 4.68 Å². The first-order chi connectivity index (χ1) is 6.84. The van der Waals surface area contributed by atoms with Crippen LogP contribution >= 0.6 is 11.6 Å². The number of pyridine rings is 2. The number of aromatic nitrogens is 2. The zero-order chi connectivity index (χ0) is 9.80. The lowest BCUT2D eigenvalue weighted by atomic mass is 10.5. The van der Waals surface area contributed by atoms with E-state index < -0.39 is 0 Å². The fourth-order valence-corrected chi connectivity index (χ4v) is 1.19. The van der Waals surface area contributed by atoms with Crippen LogP contribution in [-0.2, 0) is 0 Å². The third-order valence-electron chi connectivity index (χ3n) is 1.62. The van der Waals surface area contributed by atoms with Crippen molar-refractivity contribution in [3.05, 3.63) is 59.4 Å². The number of nitrogens with zero attached hydrogens (tertiary/aromatic N) is 3. The molecule has 3 nitrogen and oxygen atoms in total. The van der Waals surface area contributed by atoms with Gasteiger partial charge in [-0.25, -0.2) is 0 Å². The highest BCUT2D eigenvalue weighted by Crippen LogP contribution is 2.14. The normalized spacial score (nSPS) is 9.79. The molecule has 0 aromatic carbocycles. The van der Waals surface area contributed by atoms with E-state index in [1.54, 1.807) is 16.8 Å². The highest BCUT2D eigenvalue weighted by atomic mass is 35.5. The quantitative estimate of drug-likeness (QED) is 0.548. The summed E-state index contributed by atoms with van der Waals surface area (Å²) in [6.45, 7) is 0. The van der Waals surface area contributed by atoms with E-state index in [0.29, 0.717) is 11.0 Å². The molecule has 0 N–H and O–H groups in total. The lowest BCUT2D eigenvalue weighted by Crippen LogP contribution is -2.26. The first-order valence-electron chi connectivity index (χ1n) is 4.15. The van der Waals surface area contributed by atoms with Gasteiger partial charge in [0.1, 0.15) is 0 Å². The number of rotatable bonds is 2. The van der Waals surface area contributed by atoms with E-state index in [0.717, 1.165) is 0 Å². The molecule has 0 saturated carbocycles. The first kappa shape index (κ1) is 8.97. The molecule has 2 aromatic heterocycles. The Balaban J connectivity index is 2.19. The van der Waals surface area contributed by atoms with Crippen molar-refractivity contribution in [2.75, 3.05) is 0 Å². The summed E-state index contributed by atoms with van der Waals surface area (Å²) in [7, 11) is 0. The second-order valence-electron chi connectivity index (χ2n) is 2.67. The van der Waals surface area contributed by atoms with E-state index >= 15 is 0 Å². The molecule has 2 heterocycles. The predicted octanol–water partition coefficient (Wildman–Crippen LogP) is 2.49. The minimum Gasteiger partial charge on any atom is -0.422 e. The Kier molecular flexibility index (Phi) is 2.60. The summed E-state index contributed by atoms with van der Waals surface area (Å²) in [6, 6.07) is 11.1. The van der Waals surface area contributed by atoms with Crippen LogP contribution in [0.25, 0.3) is 5.43 Å². The molecule has 14 heavy (non-hydrogen) atoms. The van der Waals surface area contributed by atoms with Gasteiger partial charge >= 0.3 is 0 Å². The SMILES string of the molecule is Clc1cccc([N-][n+]2ccccc2)n1. The third-order valence-corrected chi connectivity index (χ3v) is 1.83. The van der Waals surface area contributed by atoms with Crippen LogP contribution in [-0.4, -0.2) is 4.98 Å². The Labute approximate surface area is 87.0 Å². The molecule has 0 aliphatic heterocycles. The number of halogens is 1. The number of hydrogen-bond acceptors (Lipinski definition) is 1. The molecule has 0 saturated heterocycles. The third kappa shape index (κ3) is 2.20. The standard InChI is InChI=1S/C10H8ClN3/c11-9-5-4-6-10(12-9)13-14-7-2-1-3-8-14/h1-8H. The van der Waals surface area contributed by atoms with Gasteiger partial charge in [0, 0.05) is 23.1 Å². The number of hydrogen-bond donors (Lipinski definition) is 0. The zero-order valence-electron chi connectivity index (χ0n) is 7.34. The highest BCUT2D eigenvalue weighted by molar-refractivity contribution is 6.29. The fourth-order valence-electron chi connectivity index (χ4n) is 1.03. The Morgan fingerprint density at radius 3 is 2.57 bits per heavy atom. The van der Waals surface area contributed by atoms with Gasteiger partial charge in [0.25, 0.3) is 0 Å². The lowest BCUT2D eigenvalue weighted by Gasteiger charge is -2.07. The maximum atomic E-state index is 5.73. The van der Waals surface area contributed by atoms with Crippen LogP contribution in [0.2, 0.25) is 5.15 Å². The lowest BCUT2D eigenvalue weighted by molar-refractivity contribution is -0.619. The van der Waals surface area contributed by atoms with Crippen molar-refractivity contribution in [2.45, 2.75) is 0 Å². The van der Waals surface area contributed by atoms with Gasteiger partial charge in [0.15, 0.2) is 12.4 Å². The summed E-state index contributed by atoms with van der Waals surface area (Å²) in [5.41, 5.74) is 4.22. The summed E-state index contributed by atoms with van der Waals surface area (Å²) in [5.74, 6) is 0.591. The van der Waals surface area contributed by atoms with Crippen molar-refractivity contribution in [3.63, 3.8) is 0 Å². The van der Waals surface area contributed by atoms with Crippen LogP contribution in [0.4, 0.5) is 5.82 Å². The maximum absolute atomic E-state index is 5.73. The smallest absolute Gasteiger partial charge is 0.182 e. The van der Waals surface area contributed by atoms with Crippen molar-refractivity contribution >= 4 is 17.4 Å². The van der Waals surface area contributed by atoms with Crippen molar-refractivity contribution in [1.29, 1.82) is 0 Å². The van der Waals surface area contributed by atoms with E-state index in [1.807, 2.05) is 36.7 Å². The maximum Gasteiger partial charge on any atom is 0.182 e. The van der Waals surface area contributed by atoms with Crippen LogP contribution in [0.3, 0.4) is 0 Å². The molecule has 0 fully saturated rings. The Morgan fingerprint density at radius 2 is 1.86 bits per heavy atom. The molecule has 70 valence electrons. The summed E-state index contributed by atoms with van der Waals surface area (Å²) in [5, 5.41) is 0.447. The molecule has 0 amide bonds. The van der Waals surface area contributed by atoms with Crippen LogP contribution in [0.5, 0.6) is 0 Å². The molecule has 4 heteroatoms. The van der Waals surface area contributed by atoms with Gasteiger partial charge in [-0.15, -0.1) is 0 Å². The molecule has 0 bridgehead atoms. The second-order valence-corrected chi connectivity index (χ2v) is 3.06. The van der Waals surface area contributed by atoms with Gasteiger partial charge in [0.2, 0.25) is 0 Å². The van der Waals surface area contributed by atoms with Crippen molar-refractivity contribution in [3.8, 4) is 0 Å². The Hall–Kier alpha value is -1.61. The fraction of sp³-hybridized carbons (Fsp3) is 0. The first-order valence-corrected chi connectivity index (χ1v) is 4.53. The summed E-state index contributed by atoms with van der Waals surface area (Å²) in [6.07, 6.45) is 3.67. The summed E-state index contributed by atoms with van der Waals surface area (Å²) < 4.78 is 1.68. The average molecular weight is 206 g/mol. The van der Waals surface area contributed by atoms with Crippen molar-refractivity contribution in [2.24, 2.45) is 0 Å². The van der Waals surface area contributed by atoms with E-state index in [1.165, 1.54) is 0 Å². The van der Waals surface area contributed by atoms with Gasteiger partial charge in [0.05, 0.1) is 0 Å². The molecule has 0 spiro atoms. The zero-order valence-corrected chi connectivity index (χ0v) is 8.09. The molecule has 0 aliphatic carbocycles. The molecular formula is C10H8ClN3. The van der Waals surface area contributed by atoms with Gasteiger partial charge in [-0.2, -0.15) is 10.1 Å². The molecule has 0 unspecified atom stereocenters. The van der Waals surface area contributed by atoms with E-state index in [2.05, 4.69) is 10.4 Å². The largest absolute Gasteiger partial charge is 0.422 e. The molecule has 0 radical (unpaired) electrons. The molecule has 2 aromatic rings. The second kappa shape index (κ2) is 4.07. The molecular weight excluding hydrogens is 198 g/mol. The van der Waals surface area contributed by atoms with Crippen LogP contribution in [0, 0.1) is 0 Å². The highest BCUT2D eigenvalue weighted by Gasteiger charge is 1.92. The van der Waals surface area contributed by atoms with E-state index in [-0.39, 0.29) is 0 Å². The Bertz CT molecular complexity index is 417.